The topological polar surface area (TPSA) is 34.0 Å². The molecule has 1 aliphatic rings. The summed E-state index contributed by atoms with van der Waals surface area (Å²) >= 11 is 0. The number of benzene rings is 2. The third-order valence-electron chi connectivity index (χ3n) is 5.09. The van der Waals surface area contributed by atoms with Crippen molar-refractivity contribution >= 4 is 5.91 Å². The molecule has 1 heterocycles. The van der Waals surface area contributed by atoms with Crippen molar-refractivity contribution in [2.24, 2.45) is 0 Å². The normalized spacial score (nSPS) is 15.1. The number of carbonyl (C=O) groups excluding carboxylic acids is 1. The summed E-state index contributed by atoms with van der Waals surface area (Å²) in [5, 5.41) is 0. The van der Waals surface area contributed by atoms with E-state index in [2.05, 4.69) is 31.2 Å². The number of amides is 1. The maximum absolute atomic E-state index is 12.4. The highest BCUT2D eigenvalue weighted by atomic mass is 16.5. The lowest BCUT2D eigenvalue weighted by Crippen LogP contribution is -3.13. The van der Waals surface area contributed by atoms with E-state index >= 15 is 0 Å². The zero-order valence-corrected chi connectivity index (χ0v) is 15.8. The van der Waals surface area contributed by atoms with Crippen molar-refractivity contribution in [3.8, 4) is 5.75 Å². The number of rotatable bonds is 6. The van der Waals surface area contributed by atoms with Gasteiger partial charge in [0.1, 0.15) is 12.3 Å². The summed E-state index contributed by atoms with van der Waals surface area (Å²) in [5.74, 6) is 0.834. The van der Waals surface area contributed by atoms with E-state index in [1.54, 1.807) is 0 Å². The molecule has 1 fully saturated rings. The minimum atomic E-state index is 0.0805. The van der Waals surface area contributed by atoms with Gasteiger partial charge in [-0.1, -0.05) is 48.9 Å². The standard InChI is InChI=1S/C22H28N2O2/c1-3-19-6-8-20(9-7-19)16-23-12-14-24(15-13-23)22(25)17-26-21-10-4-18(2)5-11-21/h4-11H,3,12-17H2,1-2H3/p+1. The number of carbonyl (C=O) groups is 1. The van der Waals surface area contributed by atoms with E-state index in [9.17, 15) is 4.79 Å². The first-order valence-electron chi connectivity index (χ1n) is 9.52. The Morgan fingerprint density at radius 1 is 1.00 bits per heavy atom. The van der Waals surface area contributed by atoms with Gasteiger partial charge in [0.25, 0.3) is 5.91 Å². The molecule has 0 unspecified atom stereocenters. The number of nitrogens with one attached hydrogen (secondary N) is 1. The first-order valence-corrected chi connectivity index (χ1v) is 9.52. The summed E-state index contributed by atoms with van der Waals surface area (Å²) in [5.41, 5.74) is 3.94. The maximum Gasteiger partial charge on any atom is 0.260 e. The lowest BCUT2D eigenvalue weighted by Gasteiger charge is -2.32. The molecule has 138 valence electrons. The van der Waals surface area contributed by atoms with Gasteiger partial charge in [0.15, 0.2) is 6.61 Å². The van der Waals surface area contributed by atoms with Gasteiger partial charge in [0.05, 0.1) is 26.2 Å². The van der Waals surface area contributed by atoms with Crippen molar-refractivity contribution in [3.05, 3.63) is 65.2 Å². The fraction of sp³-hybridized carbons (Fsp3) is 0.409. The zero-order valence-electron chi connectivity index (χ0n) is 15.8. The van der Waals surface area contributed by atoms with Crippen molar-refractivity contribution in [2.45, 2.75) is 26.8 Å². The third-order valence-corrected chi connectivity index (χ3v) is 5.09. The summed E-state index contributed by atoms with van der Waals surface area (Å²) in [4.78, 5) is 15.8. The molecule has 1 amide bonds. The summed E-state index contributed by atoms with van der Waals surface area (Å²) in [6.45, 7) is 8.96. The van der Waals surface area contributed by atoms with E-state index in [0.717, 1.165) is 44.9 Å². The quantitative estimate of drug-likeness (QED) is 0.860. The Morgan fingerprint density at radius 2 is 1.62 bits per heavy atom. The van der Waals surface area contributed by atoms with Gasteiger partial charge in [-0.15, -0.1) is 0 Å². The van der Waals surface area contributed by atoms with E-state index in [1.165, 1.54) is 21.6 Å². The van der Waals surface area contributed by atoms with Crippen LogP contribution in [0.4, 0.5) is 0 Å². The molecule has 1 N–H and O–H groups in total. The molecule has 0 atom stereocenters. The van der Waals surface area contributed by atoms with Gasteiger partial charge in [-0.3, -0.25) is 4.79 Å². The van der Waals surface area contributed by atoms with E-state index in [4.69, 9.17) is 4.74 Å². The molecule has 0 bridgehead atoms. The Bertz CT molecular complexity index is 702. The first kappa shape index (κ1) is 18.5. The minimum Gasteiger partial charge on any atom is -0.484 e. The Labute approximate surface area is 156 Å². The Morgan fingerprint density at radius 3 is 2.23 bits per heavy atom. The molecule has 2 aromatic carbocycles. The lowest BCUT2D eigenvalue weighted by molar-refractivity contribution is -0.917. The van der Waals surface area contributed by atoms with E-state index in [0.29, 0.717) is 0 Å². The van der Waals surface area contributed by atoms with Gasteiger partial charge in [0.2, 0.25) is 0 Å². The predicted molar refractivity (Wildman–Crippen MR) is 103 cm³/mol. The third kappa shape index (κ3) is 5.09. The molecule has 4 nitrogen and oxygen atoms in total. The number of hydrogen-bond donors (Lipinski definition) is 1. The molecule has 26 heavy (non-hydrogen) atoms. The molecule has 0 aromatic heterocycles. The van der Waals surface area contributed by atoms with Crippen molar-refractivity contribution in [2.75, 3.05) is 32.8 Å². The Balaban J connectivity index is 1.42. The molecule has 3 rings (SSSR count). The van der Waals surface area contributed by atoms with Crippen LogP contribution in [0.3, 0.4) is 0 Å². The van der Waals surface area contributed by atoms with Crippen LogP contribution in [-0.4, -0.2) is 43.6 Å². The number of piperazine rings is 1. The van der Waals surface area contributed by atoms with Crippen LogP contribution in [0.2, 0.25) is 0 Å². The predicted octanol–water partition coefficient (Wildman–Crippen LogP) is 1.86. The second-order valence-electron chi connectivity index (χ2n) is 7.08. The highest BCUT2D eigenvalue weighted by molar-refractivity contribution is 5.77. The van der Waals surface area contributed by atoms with Crippen LogP contribution in [0.1, 0.15) is 23.6 Å². The minimum absolute atomic E-state index is 0.0805. The van der Waals surface area contributed by atoms with Crippen molar-refractivity contribution in [1.29, 1.82) is 0 Å². The molecule has 2 aromatic rings. The molecule has 0 radical (unpaired) electrons. The molecular formula is C22H29N2O2+. The second-order valence-corrected chi connectivity index (χ2v) is 7.08. The summed E-state index contributed by atoms with van der Waals surface area (Å²) < 4.78 is 5.62. The first-order chi connectivity index (χ1) is 12.6. The maximum atomic E-state index is 12.4. The van der Waals surface area contributed by atoms with Crippen molar-refractivity contribution in [3.63, 3.8) is 0 Å². The van der Waals surface area contributed by atoms with Gasteiger partial charge in [-0.25, -0.2) is 0 Å². The van der Waals surface area contributed by atoms with Crippen molar-refractivity contribution < 1.29 is 14.4 Å². The highest BCUT2D eigenvalue weighted by Crippen LogP contribution is 2.11. The summed E-state index contributed by atoms with van der Waals surface area (Å²) in [6, 6.07) is 16.7. The highest BCUT2D eigenvalue weighted by Gasteiger charge is 2.23. The Hall–Kier alpha value is -2.33. The van der Waals surface area contributed by atoms with E-state index < -0.39 is 0 Å². The number of nitrogens with zero attached hydrogens (tertiary/aromatic N) is 1. The van der Waals surface area contributed by atoms with Gasteiger partial charge in [-0.05, 0) is 31.0 Å². The largest absolute Gasteiger partial charge is 0.484 e. The Kier molecular flexibility index (Phi) is 6.29. The average Bonchev–Trinajstić information content (AvgIpc) is 2.68. The van der Waals surface area contributed by atoms with Crippen LogP contribution < -0.4 is 9.64 Å². The second kappa shape index (κ2) is 8.86. The van der Waals surface area contributed by atoms with Gasteiger partial charge in [0, 0.05) is 5.56 Å². The van der Waals surface area contributed by atoms with Crippen LogP contribution in [0.15, 0.2) is 48.5 Å². The van der Waals surface area contributed by atoms with Crippen LogP contribution in [0.5, 0.6) is 5.75 Å². The lowest BCUT2D eigenvalue weighted by atomic mass is 10.1. The van der Waals surface area contributed by atoms with Gasteiger partial charge in [-0.2, -0.15) is 0 Å². The monoisotopic (exact) mass is 353 g/mol. The molecule has 1 aliphatic heterocycles. The van der Waals surface area contributed by atoms with Crippen LogP contribution in [0.25, 0.3) is 0 Å². The van der Waals surface area contributed by atoms with E-state index in [1.807, 2.05) is 36.1 Å². The molecular weight excluding hydrogens is 324 g/mol. The molecule has 4 heteroatoms. The molecule has 0 spiro atoms. The summed E-state index contributed by atoms with van der Waals surface area (Å²) in [7, 11) is 0. The fourth-order valence-electron chi connectivity index (χ4n) is 3.30. The SMILES string of the molecule is CCc1ccc(C[NH+]2CCN(C(=O)COc3ccc(C)cc3)CC2)cc1. The van der Waals surface area contributed by atoms with Crippen molar-refractivity contribution in [1.82, 2.24) is 4.90 Å². The van der Waals surface area contributed by atoms with Crippen LogP contribution >= 0.6 is 0 Å². The number of hydrogen-bond acceptors (Lipinski definition) is 2. The number of aryl methyl sites for hydroxylation is 2. The zero-order chi connectivity index (χ0) is 18.4. The van der Waals surface area contributed by atoms with E-state index in [-0.39, 0.29) is 12.5 Å². The van der Waals surface area contributed by atoms with Crippen LogP contribution in [0, 0.1) is 6.92 Å². The molecule has 1 saturated heterocycles. The molecule has 0 saturated carbocycles. The number of ether oxygens (including phenoxy) is 1. The van der Waals surface area contributed by atoms with Crippen LogP contribution in [-0.2, 0) is 17.8 Å². The van der Waals surface area contributed by atoms with Gasteiger partial charge < -0.3 is 14.5 Å². The molecule has 0 aliphatic carbocycles. The summed E-state index contributed by atoms with van der Waals surface area (Å²) in [6.07, 6.45) is 1.08. The smallest absolute Gasteiger partial charge is 0.260 e. The fourth-order valence-corrected chi connectivity index (χ4v) is 3.30. The number of quaternary nitrogens is 1. The average molecular weight is 353 g/mol. The van der Waals surface area contributed by atoms with Gasteiger partial charge >= 0.3 is 0 Å².